The minimum atomic E-state index is -0.00815. The van der Waals surface area contributed by atoms with Gasteiger partial charge in [0.1, 0.15) is 0 Å². The van der Waals surface area contributed by atoms with Crippen LogP contribution >= 0.6 is 0 Å². The van der Waals surface area contributed by atoms with Crippen LogP contribution in [0.4, 0.5) is 4.79 Å². The molecule has 2 aliphatic rings. The van der Waals surface area contributed by atoms with Crippen LogP contribution in [-0.4, -0.2) is 31.2 Å². The Labute approximate surface area is 72.1 Å². The number of rotatable bonds is 3. The fraction of sp³-hybridized carbons (Fsp3) is 0.875. The number of amides is 2. The number of carbonyl (C=O) groups excluding carboxylic acids is 1. The first-order valence-electron chi connectivity index (χ1n) is 4.62. The van der Waals surface area contributed by atoms with E-state index < -0.39 is 0 Å². The molecule has 0 spiro atoms. The first kappa shape index (κ1) is 7.86. The van der Waals surface area contributed by atoms with Gasteiger partial charge in [-0.25, -0.2) is 4.79 Å². The molecule has 0 radical (unpaired) electrons. The molecule has 1 saturated heterocycles. The Hall–Kier alpha value is -0.770. The molecule has 0 bridgehead atoms. The SMILES string of the molecule is O=C(NCC1CCN1)NC1CC1. The van der Waals surface area contributed by atoms with Crippen LogP contribution in [0.25, 0.3) is 0 Å². The van der Waals surface area contributed by atoms with Crippen LogP contribution in [-0.2, 0) is 0 Å². The van der Waals surface area contributed by atoms with E-state index >= 15 is 0 Å². The van der Waals surface area contributed by atoms with Crippen LogP contribution in [0.5, 0.6) is 0 Å². The first-order chi connectivity index (χ1) is 5.84. The Kier molecular flexibility index (Phi) is 2.17. The van der Waals surface area contributed by atoms with Crippen LogP contribution in [0.1, 0.15) is 19.3 Å². The monoisotopic (exact) mass is 169 g/mol. The quantitative estimate of drug-likeness (QED) is 0.548. The summed E-state index contributed by atoms with van der Waals surface area (Å²) in [6.07, 6.45) is 3.48. The second-order valence-electron chi connectivity index (χ2n) is 3.57. The zero-order valence-electron chi connectivity index (χ0n) is 7.10. The van der Waals surface area contributed by atoms with E-state index in [2.05, 4.69) is 16.0 Å². The van der Waals surface area contributed by atoms with Crippen molar-refractivity contribution in [3.63, 3.8) is 0 Å². The maximum atomic E-state index is 11.1. The lowest BCUT2D eigenvalue weighted by Gasteiger charge is -2.27. The molecule has 2 fully saturated rings. The highest BCUT2D eigenvalue weighted by Crippen LogP contribution is 2.18. The Morgan fingerprint density at radius 1 is 1.42 bits per heavy atom. The molecule has 1 aliphatic heterocycles. The van der Waals surface area contributed by atoms with Gasteiger partial charge in [-0.3, -0.25) is 0 Å². The highest BCUT2D eigenvalue weighted by atomic mass is 16.2. The van der Waals surface area contributed by atoms with Gasteiger partial charge in [-0.15, -0.1) is 0 Å². The summed E-state index contributed by atoms with van der Waals surface area (Å²) in [5, 5.41) is 8.95. The van der Waals surface area contributed by atoms with E-state index in [4.69, 9.17) is 0 Å². The van der Waals surface area contributed by atoms with Gasteiger partial charge in [0.05, 0.1) is 0 Å². The molecule has 2 rings (SSSR count). The Morgan fingerprint density at radius 3 is 2.67 bits per heavy atom. The van der Waals surface area contributed by atoms with Crippen LogP contribution < -0.4 is 16.0 Å². The van der Waals surface area contributed by atoms with Crippen LogP contribution in [0.2, 0.25) is 0 Å². The van der Waals surface area contributed by atoms with Crippen molar-refractivity contribution in [3.8, 4) is 0 Å². The van der Waals surface area contributed by atoms with E-state index in [0.717, 1.165) is 25.9 Å². The molecule has 4 heteroatoms. The summed E-state index contributed by atoms with van der Waals surface area (Å²) < 4.78 is 0. The van der Waals surface area contributed by atoms with E-state index in [9.17, 15) is 4.79 Å². The Morgan fingerprint density at radius 2 is 2.17 bits per heavy atom. The van der Waals surface area contributed by atoms with Crippen LogP contribution in [0.3, 0.4) is 0 Å². The molecule has 1 heterocycles. The molecule has 12 heavy (non-hydrogen) atoms. The van der Waals surface area contributed by atoms with Crippen molar-refractivity contribution in [2.45, 2.75) is 31.3 Å². The van der Waals surface area contributed by atoms with Gasteiger partial charge in [0, 0.05) is 18.6 Å². The maximum Gasteiger partial charge on any atom is 0.315 e. The number of nitrogens with one attached hydrogen (secondary N) is 3. The predicted molar refractivity (Wildman–Crippen MR) is 46.0 cm³/mol. The van der Waals surface area contributed by atoms with E-state index in [0.29, 0.717) is 12.1 Å². The van der Waals surface area contributed by atoms with Gasteiger partial charge in [0.2, 0.25) is 0 Å². The average molecular weight is 169 g/mol. The maximum absolute atomic E-state index is 11.1. The van der Waals surface area contributed by atoms with E-state index in [1.54, 1.807) is 0 Å². The lowest BCUT2D eigenvalue weighted by molar-refractivity contribution is 0.236. The second-order valence-corrected chi connectivity index (χ2v) is 3.57. The Bertz CT molecular complexity index is 175. The minimum absolute atomic E-state index is 0.00815. The van der Waals surface area contributed by atoms with Crippen molar-refractivity contribution in [3.05, 3.63) is 0 Å². The zero-order valence-corrected chi connectivity index (χ0v) is 7.10. The van der Waals surface area contributed by atoms with Crippen molar-refractivity contribution in [2.75, 3.05) is 13.1 Å². The average Bonchev–Trinajstić information content (AvgIpc) is 2.68. The van der Waals surface area contributed by atoms with Crippen molar-refractivity contribution in [1.29, 1.82) is 0 Å². The Balaban J connectivity index is 1.55. The third kappa shape index (κ3) is 2.11. The number of carbonyl (C=O) groups is 1. The minimum Gasteiger partial charge on any atom is -0.337 e. The van der Waals surface area contributed by atoms with Crippen molar-refractivity contribution >= 4 is 6.03 Å². The highest BCUT2D eigenvalue weighted by Gasteiger charge is 2.23. The molecular weight excluding hydrogens is 154 g/mol. The molecule has 1 unspecified atom stereocenters. The van der Waals surface area contributed by atoms with E-state index in [-0.39, 0.29) is 6.03 Å². The molecule has 1 aliphatic carbocycles. The second kappa shape index (κ2) is 3.31. The summed E-state index contributed by atoms with van der Waals surface area (Å²) in [7, 11) is 0. The van der Waals surface area contributed by atoms with Gasteiger partial charge in [0.25, 0.3) is 0 Å². The molecular formula is C8H15N3O. The number of urea groups is 1. The predicted octanol–water partition coefficient (Wildman–Crippen LogP) is -0.190. The molecule has 68 valence electrons. The van der Waals surface area contributed by atoms with Crippen molar-refractivity contribution in [1.82, 2.24) is 16.0 Å². The van der Waals surface area contributed by atoms with Crippen molar-refractivity contribution in [2.24, 2.45) is 0 Å². The largest absolute Gasteiger partial charge is 0.337 e. The van der Waals surface area contributed by atoms with E-state index in [1.165, 1.54) is 6.42 Å². The first-order valence-corrected chi connectivity index (χ1v) is 4.62. The molecule has 0 aromatic heterocycles. The summed E-state index contributed by atoms with van der Waals surface area (Å²) in [5.41, 5.74) is 0. The van der Waals surface area contributed by atoms with Gasteiger partial charge in [-0.05, 0) is 25.8 Å². The summed E-state index contributed by atoms with van der Waals surface area (Å²) in [6.45, 7) is 1.86. The molecule has 0 aromatic carbocycles. The molecule has 3 N–H and O–H groups in total. The molecule has 2 amide bonds. The normalized spacial score (nSPS) is 27.5. The van der Waals surface area contributed by atoms with Crippen LogP contribution in [0.15, 0.2) is 0 Å². The van der Waals surface area contributed by atoms with Gasteiger partial charge in [0.15, 0.2) is 0 Å². The third-order valence-electron chi connectivity index (χ3n) is 2.35. The van der Waals surface area contributed by atoms with Crippen LogP contribution in [0, 0.1) is 0 Å². The molecule has 0 aromatic rings. The van der Waals surface area contributed by atoms with Gasteiger partial charge in [-0.2, -0.15) is 0 Å². The summed E-state index contributed by atoms with van der Waals surface area (Å²) in [5.74, 6) is 0. The molecule has 1 atom stereocenters. The third-order valence-corrected chi connectivity index (χ3v) is 2.35. The number of hydrogen-bond acceptors (Lipinski definition) is 2. The highest BCUT2D eigenvalue weighted by molar-refractivity contribution is 5.74. The van der Waals surface area contributed by atoms with Gasteiger partial charge < -0.3 is 16.0 Å². The lowest BCUT2D eigenvalue weighted by atomic mass is 10.1. The van der Waals surface area contributed by atoms with Crippen molar-refractivity contribution < 1.29 is 4.79 Å². The van der Waals surface area contributed by atoms with E-state index in [1.807, 2.05) is 0 Å². The topological polar surface area (TPSA) is 53.2 Å². The lowest BCUT2D eigenvalue weighted by Crippen LogP contribution is -2.51. The fourth-order valence-corrected chi connectivity index (χ4v) is 1.20. The standard InChI is InChI=1S/C8H15N3O/c12-8(11-6-1-2-6)10-5-7-3-4-9-7/h6-7,9H,1-5H2,(H2,10,11,12). The number of hydrogen-bond donors (Lipinski definition) is 3. The zero-order chi connectivity index (χ0) is 8.39. The van der Waals surface area contributed by atoms with Gasteiger partial charge in [-0.1, -0.05) is 0 Å². The smallest absolute Gasteiger partial charge is 0.315 e. The molecule has 1 saturated carbocycles. The van der Waals surface area contributed by atoms with Gasteiger partial charge >= 0.3 is 6.03 Å². The summed E-state index contributed by atoms with van der Waals surface area (Å²) >= 11 is 0. The fourth-order valence-electron chi connectivity index (χ4n) is 1.20. The summed E-state index contributed by atoms with van der Waals surface area (Å²) in [4.78, 5) is 11.1. The summed E-state index contributed by atoms with van der Waals surface area (Å²) in [6, 6.07) is 0.959. The molecule has 4 nitrogen and oxygen atoms in total.